The number of nitrogens with zero attached hydrogens (tertiary/aromatic N) is 4. The van der Waals surface area contributed by atoms with Crippen molar-refractivity contribution in [2.75, 3.05) is 23.1 Å². The summed E-state index contributed by atoms with van der Waals surface area (Å²) in [5, 5.41) is 9.28. The number of aromatic nitrogens is 2. The van der Waals surface area contributed by atoms with Gasteiger partial charge in [-0.25, -0.2) is 14.6 Å². The average molecular weight is 404 g/mol. The van der Waals surface area contributed by atoms with Gasteiger partial charge in [-0.2, -0.15) is 0 Å². The van der Waals surface area contributed by atoms with Crippen molar-refractivity contribution in [3.63, 3.8) is 0 Å². The average Bonchev–Trinajstić information content (AvgIpc) is 3.14. The van der Waals surface area contributed by atoms with E-state index < -0.39 is 6.43 Å². The lowest BCUT2D eigenvalue weighted by Crippen LogP contribution is -2.35. The summed E-state index contributed by atoms with van der Waals surface area (Å²) in [6.45, 7) is 2.27. The highest BCUT2D eigenvalue weighted by molar-refractivity contribution is 5.94. The Labute approximate surface area is 166 Å². The Hall–Kier alpha value is -3.27. The van der Waals surface area contributed by atoms with Crippen molar-refractivity contribution < 1.29 is 18.3 Å². The van der Waals surface area contributed by atoms with Gasteiger partial charge < -0.3 is 10.5 Å². The fraction of sp³-hybridized carbons (Fsp3) is 0.316. The Balaban J connectivity index is 1.66. The normalized spacial score (nSPS) is 14.9. The molecule has 2 aromatic rings. The highest BCUT2D eigenvalue weighted by Crippen LogP contribution is 2.24. The van der Waals surface area contributed by atoms with Crippen LogP contribution in [0.2, 0.25) is 0 Å². The van der Waals surface area contributed by atoms with Crippen molar-refractivity contribution in [1.29, 1.82) is 0 Å². The molecule has 0 bridgehead atoms. The number of carbonyl (C=O) groups excluding carboxylic acids is 1. The number of amides is 1. The second-order valence-corrected chi connectivity index (χ2v) is 6.56. The van der Waals surface area contributed by atoms with E-state index in [4.69, 9.17) is 16.3 Å². The maximum Gasteiger partial charge on any atom is 0.263 e. The number of rotatable bonds is 7. The molecule has 0 saturated carbocycles. The summed E-state index contributed by atoms with van der Waals surface area (Å²) in [6.07, 6.45) is -1.25. The first-order valence-corrected chi connectivity index (χ1v) is 9.02. The van der Waals surface area contributed by atoms with Crippen molar-refractivity contribution in [3.05, 3.63) is 53.4 Å². The second-order valence-electron chi connectivity index (χ2n) is 6.56. The van der Waals surface area contributed by atoms with Crippen LogP contribution in [0.3, 0.4) is 0 Å². The van der Waals surface area contributed by atoms with Crippen LogP contribution in [0.4, 0.5) is 20.3 Å². The predicted molar refractivity (Wildman–Crippen MR) is 104 cm³/mol. The zero-order chi connectivity index (χ0) is 21.0. The topological polar surface area (TPSA) is 111 Å². The number of alkyl halides is 2. The fourth-order valence-corrected chi connectivity index (χ4v) is 2.88. The Morgan fingerprint density at radius 3 is 2.48 bits per heavy atom. The van der Waals surface area contributed by atoms with Gasteiger partial charge in [0.15, 0.2) is 5.82 Å². The van der Waals surface area contributed by atoms with Crippen molar-refractivity contribution in [1.82, 2.24) is 10.2 Å². The first-order valence-electron chi connectivity index (χ1n) is 9.02. The SMILES string of the molecule is C/C(N)=C(\COc1ccc(N2CCCC2=O)nn1)N(N)c1ccc(C(F)F)cc1. The molecule has 1 saturated heterocycles. The number of hydrazine groups is 1. The molecule has 154 valence electrons. The lowest BCUT2D eigenvalue weighted by atomic mass is 10.2. The van der Waals surface area contributed by atoms with E-state index >= 15 is 0 Å². The highest BCUT2D eigenvalue weighted by Gasteiger charge is 2.23. The minimum atomic E-state index is -2.55. The first-order chi connectivity index (χ1) is 13.9. The van der Waals surface area contributed by atoms with E-state index in [2.05, 4.69) is 10.2 Å². The number of anilines is 2. The van der Waals surface area contributed by atoms with E-state index in [1.165, 1.54) is 29.3 Å². The summed E-state index contributed by atoms with van der Waals surface area (Å²) in [7, 11) is 0. The lowest BCUT2D eigenvalue weighted by Gasteiger charge is -2.23. The number of benzene rings is 1. The Morgan fingerprint density at radius 1 is 1.24 bits per heavy atom. The van der Waals surface area contributed by atoms with Crippen LogP contribution in [0.5, 0.6) is 5.88 Å². The van der Waals surface area contributed by atoms with Gasteiger partial charge in [0.05, 0.1) is 11.4 Å². The quantitative estimate of drug-likeness (QED) is 0.539. The summed E-state index contributed by atoms with van der Waals surface area (Å²) < 4.78 is 31.1. The zero-order valence-corrected chi connectivity index (χ0v) is 15.9. The van der Waals surface area contributed by atoms with Crippen LogP contribution in [-0.2, 0) is 4.79 Å². The van der Waals surface area contributed by atoms with E-state index in [0.717, 1.165) is 6.42 Å². The van der Waals surface area contributed by atoms with E-state index in [9.17, 15) is 13.6 Å². The van der Waals surface area contributed by atoms with Crippen molar-refractivity contribution in [2.45, 2.75) is 26.2 Å². The molecule has 0 radical (unpaired) electrons. The van der Waals surface area contributed by atoms with E-state index in [-0.39, 0.29) is 24.0 Å². The number of carbonyl (C=O) groups is 1. The minimum absolute atomic E-state index is 0.00783. The zero-order valence-electron chi connectivity index (χ0n) is 15.9. The van der Waals surface area contributed by atoms with Gasteiger partial charge in [-0.1, -0.05) is 12.1 Å². The molecule has 1 fully saturated rings. The number of halogens is 2. The second kappa shape index (κ2) is 8.82. The van der Waals surface area contributed by atoms with Gasteiger partial charge in [-0.05, 0) is 31.5 Å². The monoisotopic (exact) mass is 404 g/mol. The van der Waals surface area contributed by atoms with E-state index in [1.807, 2.05) is 0 Å². The molecule has 2 heterocycles. The molecule has 0 atom stereocenters. The van der Waals surface area contributed by atoms with Crippen LogP contribution in [0.1, 0.15) is 31.8 Å². The molecule has 0 aliphatic carbocycles. The molecule has 10 heteroatoms. The molecule has 1 aliphatic heterocycles. The summed E-state index contributed by atoms with van der Waals surface area (Å²) >= 11 is 0. The van der Waals surface area contributed by atoms with Gasteiger partial charge in [0.25, 0.3) is 6.43 Å². The lowest BCUT2D eigenvalue weighted by molar-refractivity contribution is -0.117. The number of nitrogens with two attached hydrogens (primary N) is 2. The molecule has 1 aliphatic rings. The third-order valence-electron chi connectivity index (χ3n) is 4.50. The fourth-order valence-electron chi connectivity index (χ4n) is 2.88. The molecular formula is C19H22F2N6O2. The van der Waals surface area contributed by atoms with Gasteiger partial charge in [-0.15, -0.1) is 10.2 Å². The summed E-state index contributed by atoms with van der Waals surface area (Å²) in [5.41, 5.74) is 7.14. The maximum absolute atomic E-state index is 12.7. The highest BCUT2D eigenvalue weighted by atomic mass is 19.3. The molecule has 1 aromatic carbocycles. The molecule has 3 rings (SSSR count). The van der Waals surface area contributed by atoms with Crippen LogP contribution < -0.4 is 26.2 Å². The Kier molecular flexibility index (Phi) is 6.23. The summed E-state index contributed by atoms with van der Waals surface area (Å²) in [5.74, 6) is 6.84. The molecule has 1 amide bonds. The molecule has 29 heavy (non-hydrogen) atoms. The van der Waals surface area contributed by atoms with Crippen LogP contribution >= 0.6 is 0 Å². The largest absolute Gasteiger partial charge is 0.470 e. The van der Waals surface area contributed by atoms with Gasteiger partial charge in [-0.3, -0.25) is 14.7 Å². The van der Waals surface area contributed by atoms with Crippen LogP contribution in [0.15, 0.2) is 47.8 Å². The molecular weight excluding hydrogens is 382 g/mol. The van der Waals surface area contributed by atoms with Crippen molar-refractivity contribution in [3.8, 4) is 5.88 Å². The van der Waals surface area contributed by atoms with Crippen molar-refractivity contribution in [2.24, 2.45) is 11.6 Å². The van der Waals surface area contributed by atoms with E-state index in [0.29, 0.717) is 35.9 Å². The molecule has 0 spiro atoms. The smallest absolute Gasteiger partial charge is 0.263 e. The van der Waals surface area contributed by atoms with Crippen molar-refractivity contribution >= 4 is 17.4 Å². The molecule has 4 N–H and O–H groups in total. The molecule has 8 nitrogen and oxygen atoms in total. The van der Waals surface area contributed by atoms with Gasteiger partial charge >= 0.3 is 0 Å². The van der Waals surface area contributed by atoms with Gasteiger partial charge in [0.1, 0.15) is 6.61 Å². The van der Waals surface area contributed by atoms with Crippen LogP contribution in [-0.4, -0.2) is 29.3 Å². The third-order valence-corrected chi connectivity index (χ3v) is 4.50. The Morgan fingerprint density at radius 2 is 1.97 bits per heavy atom. The summed E-state index contributed by atoms with van der Waals surface area (Å²) in [4.78, 5) is 13.3. The standard InChI is InChI=1S/C19H22F2N6O2/c1-12(22)15(27(23)14-6-4-13(5-7-14)19(20)21)11-29-17-9-8-16(24-25-17)26-10-2-3-18(26)28/h4-9,19H,2-3,10-11,22-23H2,1H3/b15-12-. The maximum atomic E-state index is 12.7. The van der Waals surface area contributed by atoms with Crippen LogP contribution in [0, 0.1) is 0 Å². The number of allylic oxidation sites excluding steroid dienone is 1. The third kappa shape index (κ3) is 4.77. The predicted octanol–water partition coefficient (Wildman–Crippen LogP) is 2.49. The number of hydrogen-bond acceptors (Lipinski definition) is 7. The first kappa shape index (κ1) is 20.5. The van der Waals surface area contributed by atoms with Gasteiger partial charge in [0, 0.05) is 30.3 Å². The van der Waals surface area contributed by atoms with Crippen LogP contribution in [0.25, 0.3) is 0 Å². The number of hydrogen-bond donors (Lipinski definition) is 2. The minimum Gasteiger partial charge on any atom is -0.470 e. The number of ether oxygens (including phenoxy) is 1. The molecule has 1 aromatic heterocycles. The Bertz CT molecular complexity index is 883. The van der Waals surface area contributed by atoms with Gasteiger partial charge in [0.2, 0.25) is 11.8 Å². The molecule has 0 unspecified atom stereocenters. The summed E-state index contributed by atoms with van der Waals surface area (Å²) in [6, 6.07) is 8.82. The van der Waals surface area contributed by atoms with E-state index in [1.54, 1.807) is 24.0 Å².